The molecule has 0 bridgehead atoms. The zero-order chi connectivity index (χ0) is 29.4. The van der Waals surface area contributed by atoms with E-state index in [0.29, 0.717) is 0 Å². The van der Waals surface area contributed by atoms with Crippen molar-refractivity contribution in [1.82, 2.24) is 5.32 Å². The van der Waals surface area contributed by atoms with Gasteiger partial charge in [0.25, 0.3) is 0 Å². The maximum atomic E-state index is 11.3. The van der Waals surface area contributed by atoms with Crippen molar-refractivity contribution in [2.45, 2.75) is 90.5 Å². The van der Waals surface area contributed by atoms with Crippen molar-refractivity contribution in [2.24, 2.45) is 5.73 Å². The number of hydrogen-bond acceptors (Lipinski definition) is 11. The minimum atomic E-state index is -1.20. The van der Waals surface area contributed by atoms with Crippen LogP contribution in [0.3, 0.4) is 0 Å². The number of carbonyl (C=O) groups is 6. The van der Waals surface area contributed by atoms with Crippen molar-refractivity contribution in [3.8, 4) is 0 Å². The third kappa shape index (κ3) is 25.0. The number of nitrogens with one attached hydrogen (secondary N) is 1. The van der Waals surface area contributed by atoms with Gasteiger partial charge >= 0.3 is 34.7 Å². The number of alkyl carbamates (subject to hydrolysis) is 1. The monoisotopic (exact) mass is 574 g/mol. The molecule has 2 aliphatic heterocycles. The minimum absolute atomic E-state index is 0.207. The second-order valence-electron chi connectivity index (χ2n) is 9.48. The molecule has 4 N–H and O–H groups in total. The fourth-order valence-corrected chi connectivity index (χ4v) is 2.24. The Morgan fingerprint density at radius 3 is 1.73 bits per heavy atom. The molecule has 2 aliphatic rings. The van der Waals surface area contributed by atoms with Crippen molar-refractivity contribution >= 4 is 57.9 Å². The second-order valence-corrected chi connectivity index (χ2v) is 10.4. The van der Waals surface area contributed by atoms with Gasteiger partial charge in [-0.3, -0.25) is 19.2 Å². The van der Waals surface area contributed by atoms with Crippen LogP contribution in [0.4, 0.5) is 9.59 Å². The van der Waals surface area contributed by atoms with E-state index in [1.807, 2.05) is 0 Å². The summed E-state index contributed by atoms with van der Waals surface area (Å²) in [5.41, 5.74) is 3.93. The fraction of sp³-hybridized carbons (Fsp3) is 0.727. The molecule has 214 valence electrons. The van der Waals surface area contributed by atoms with Gasteiger partial charge in [0.05, 0.1) is 12.8 Å². The molecule has 0 aromatic rings. The number of esters is 3. The molecule has 2 saturated heterocycles. The molecule has 0 aromatic carbocycles. The third-order valence-electron chi connectivity index (χ3n) is 3.51. The molecule has 0 aromatic heterocycles. The predicted octanol–water partition coefficient (Wildman–Crippen LogP) is 2.86. The Kier molecular flexibility index (Phi) is 17.7. The first-order valence-corrected chi connectivity index (χ1v) is 11.9. The number of carboxylic acid groups (broad SMARTS) is 1. The fourth-order valence-electron chi connectivity index (χ4n) is 2.24. The quantitative estimate of drug-likeness (QED) is 0.188. The molecule has 0 saturated carbocycles. The van der Waals surface area contributed by atoms with Gasteiger partial charge < -0.3 is 35.1 Å². The Balaban J connectivity index is 0. The van der Waals surface area contributed by atoms with Crippen LogP contribution in [0.25, 0.3) is 0 Å². The summed E-state index contributed by atoms with van der Waals surface area (Å²) in [5.74, 6) is -3.09. The zero-order valence-electron chi connectivity index (χ0n) is 21.8. The van der Waals surface area contributed by atoms with Gasteiger partial charge in [0.15, 0.2) is 0 Å². The third-order valence-corrected chi connectivity index (χ3v) is 3.51. The van der Waals surface area contributed by atoms with Crippen LogP contribution in [0.15, 0.2) is 0 Å². The first-order valence-electron chi connectivity index (χ1n) is 11.1. The Morgan fingerprint density at radius 1 is 1.00 bits per heavy atom. The van der Waals surface area contributed by atoms with E-state index in [-0.39, 0.29) is 12.8 Å². The Labute approximate surface area is 225 Å². The molecule has 0 spiro atoms. The van der Waals surface area contributed by atoms with Crippen molar-refractivity contribution in [1.29, 1.82) is 0 Å². The molecule has 0 aliphatic carbocycles. The van der Waals surface area contributed by atoms with Gasteiger partial charge in [0.1, 0.15) is 23.3 Å². The van der Waals surface area contributed by atoms with E-state index in [4.69, 9.17) is 29.8 Å². The van der Waals surface area contributed by atoms with Crippen molar-refractivity contribution < 1.29 is 52.8 Å². The first-order chi connectivity index (χ1) is 16.7. The Bertz CT molecular complexity index is 777. The molecule has 37 heavy (non-hydrogen) atoms. The second kappa shape index (κ2) is 17.9. The van der Waals surface area contributed by atoms with Crippen molar-refractivity contribution in [3.63, 3.8) is 0 Å². The van der Waals surface area contributed by atoms with E-state index in [1.165, 1.54) is 12.8 Å². The van der Waals surface area contributed by atoms with Crippen LogP contribution in [-0.4, -0.2) is 76.3 Å². The lowest BCUT2D eigenvalue weighted by molar-refractivity contribution is -0.158. The lowest BCUT2D eigenvalue weighted by Crippen LogP contribution is -2.35. The first kappa shape index (κ1) is 36.7. The molecule has 0 radical (unpaired) electrons. The molecule has 0 unspecified atom stereocenters. The topological polar surface area (TPSA) is 198 Å². The molecular weight excluding hydrogens is 539 g/mol. The molecule has 15 heteroatoms. The highest BCUT2D eigenvalue weighted by molar-refractivity contribution is 6.93. The summed E-state index contributed by atoms with van der Waals surface area (Å²) in [6.45, 7) is 12.3. The molecule has 2 fully saturated rings. The summed E-state index contributed by atoms with van der Waals surface area (Å²) in [4.78, 5) is 63.1. The predicted molar refractivity (Wildman–Crippen MR) is 132 cm³/mol. The summed E-state index contributed by atoms with van der Waals surface area (Å²) in [6, 6.07) is -2.11. The maximum Gasteiger partial charge on any atom is 0.415 e. The van der Waals surface area contributed by atoms with Crippen LogP contribution in [0.5, 0.6) is 0 Å². The van der Waals surface area contributed by atoms with Gasteiger partial charge in [-0.15, -0.1) is 0 Å². The summed E-state index contributed by atoms with van der Waals surface area (Å²) in [7, 11) is 0. The highest BCUT2D eigenvalue weighted by Crippen LogP contribution is 2.12. The molecule has 13 nitrogen and oxygen atoms in total. The van der Waals surface area contributed by atoms with Crippen LogP contribution in [-0.2, 0) is 38.1 Å². The van der Waals surface area contributed by atoms with Gasteiger partial charge in [-0.05, 0) is 77.6 Å². The normalized spacial score (nSPS) is 17.2. The van der Waals surface area contributed by atoms with Crippen LogP contribution in [0.1, 0.15) is 67.2 Å². The SMILES string of the molecule is C1CCOC1.CC(C)(C)OC(=O)C[C@@H]1NC(=O)OC1=O.CC(C)(C)OC(=O)C[C@H](N)C(=O)O.O=C(Cl)Cl. The number of rotatable bonds is 5. The number of halogens is 2. The van der Waals surface area contributed by atoms with Crippen LogP contribution in [0.2, 0.25) is 0 Å². The van der Waals surface area contributed by atoms with E-state index in [9.17, 15) is 24.0 Å². The van der Waals surface area contributed by atoms with E-state index >= 15 is 0 Å². The highest BCUT2D eigenvalue weighted by atomic mass is 35.5. The van der Waals surface area contributed by atoms with Gasteiger partial charge in [-0.25, -0.2) is 9.59 Å². The molecular formula is C22H36Cl2N2O11. The van der Waals surface area contributed by atoms with Gasteiger partial charge in [0, 0.05) is 13.2 Å². The number of ether oxygens (including phenoxy) is 4. The molecule has 2 rings (SSSR count). The summed E-state index contributed by atoms with van der Waals surface area (Å²) < 4.78 is 18.1. The van der Waals surface area contributed by atoms with Crippen LogP contribution in [0, 0.1) is 0 Å². The number of cyclic esters (lactones) is 2. The average molecular weight is 575 g/mol. The van der Waals surface area contributed by atoms with E-state index in [0.717, 1.165) is 13.2 Å². The lowest BCUT2D eigenvalue weighted by atomic mass is 10.2. The number of hydrogen-bond donors (Lipinski definition) is 3. The molecule has 2 heterocycles. The average Bonchev–Trinajstić information content (AvgIpc) is 3.32. The van der Waals surface area contributed by atoms with Crippen molar-refractivity contribution in [3.05, 3.63) is 0 Å². The lowest BCUT2D eigenvalue weighted by Gasteiger charge is -2.20. The van der Waals surface area contributed by atoms with Gasteiger partial charge in [-0.1, -0.05) is 0 Å². The van der Waals surface area contributed by atoms with Crippen LogP contribution < -0.4 is 11.1 Å². The number of carboxylic acids is 1. The number of nitrogens with two attached hydrogens (primary N) is 1. The molecule has 1 amide bonds. The Morgan fingerprint density at radius 2 is 1.43 bits per heavy atom. The zero-order valence-corrected chi connectivity index (χ0v) is 23.3. The Hall–Kier alpha value is -2.48. The van der Waals surface area contributed by atoms with Gasteiger partial charge in [0.2, 0.25) is 0 Å². The summed E-state index contributed by atoms with van der Waals surface area (Å²) in [6.07, 6.45) is 1.22. The minimum Gasteiger partial charge on any atom is -0.480 e. The van der Waals surface area contributed by atoms with E-state index in [2.05, 4.69) is 33.3 Å². The highest BCUT2D eigenvalue weighted by Gasteiger charge is 2.35. The number of aliphatic carboxylic acids is 1. The van der Waals surface area contributed by atoms with Gasteiger partial charge in [-0.2, -0.15) is 0 Å². The van der Waals surface area contributed by atoms with Crippen molar-refractivity contribution in [2.75, 3.05) is 13.2 Å². The standard InChI is InChI=1S/C9H13NO5.C8H15NO4.C4H8O.CCl2O/c1-9(2,3)15-6(11)4-5-7(12)14-8(13)10-5;1-8(2,3)13-6(10)4-5(9)7(11)12;1-2-4-5-3-1;2-1(3)4/h5H,4H2,1-3H3,(H,10,13);5H,4,9H2,1-3H3,(H,11,12);1-4H2;/t2*5-;;/m00../s1. The number of amides is 1. The van der Waals surface area contributed by atoms with Crippen LogP contribution >= 0.6 is 23.2 Å². The smallest absolute Gasteiger partial charge is 0.415 e. The van der Waals surface area contributed by atoms with E-state index in [1.54, 1.807) is 41.5 Å². The van der Waals surface area contributed by atoms with E-state index < -0.39 is 58.0 Å². The number of carbonyl (C=O) groups excluding carboxylic acids is 5. The maximum absolute atomic E-state index is 11.3. The molecule has 2 atom stereocenters. The summed E-state index contributed by atoms with van der Waals surface area (Å²) in [5, 5.41) is 10.6. The summed E-state index contributed by atoms with van der Waals surface area (Å²) >= 11 is 8.80. The largest absolute Gasteiger partial charge is 0.480 e.